The highest BCUT2D eigenvalue weighted by Crippen LogP contribution is 2.28. The van der Waals surface area contributed by atoms with Gasteiger partial charge < -0.3 is 10.2 Å². The number of anilines is 1. The molecule has 0 saturated heterocycles. The Labute approximate surface area is 122 Å². The van der Waals surface area contributed by atoms with Gasteiger partial charge in [0, 0.05) is 29.8 Å². The minimum Gasteiger partial charge on any atom is -0.368 e. The van der Waals surface area contributed by atoms with Crippen LogP contribution in [0.3, 0.4) is 0 Å². The van der Waals surface area contributed by atoms with Crippen LogP contribution in [0.4, 0.5) is 5.69 Å². The van der Waals surface area contributed by atoms with Crippen LogP contribution in [0.2, 0.25) is 5.02 Å². The van der Waals surface area contributed by atoms with E-state index in [1.807, 2.05) is 6.08 Å². The molecule has 0 fully saturated rings. The van der Waals surface area contributed by atoms with Crippen LogP contribution >= 0.6 is 11.6 Å². The Kier molecular flexibility index (Phi) is 6.96. The quantitative estimate of drug-likeness (QED) is 0.710. The fourth-order valence-electron chi connectivity index (χ4n) is 2.23. The summed E-state index contributed by atoms with van der Waals surface area (Å²) in [4.78, 5) is 2.29. The van der Waals surface area contributed by atoms with Crippen LogP contribution < -0.4 is 10.2 Å². The van der Waals surface area contributed by atoms with Gasteiger partial charge in [0.1, 0.15) is 0 Å². The van der Waals surface area contributed by atoms with Crippen molar-refractivity contribution in [3.8, 4) is 0 Å². The molecule has 1 aromatic rings. The smallest absolute Gasteiger partial charge is 0.0474 e. The van der Waals surface area contributed by atoms with Crippen molar-refractivity contribution in [2.75, 3.05) is 24.5 Å². The molecule has 0 spiro atoms. The fourth-order valence-corrected chi connectivity index (χ4v) is 2.57. The number of nitrogens with zero attached hydrogens (tertiary/aromatic N) is 1. The van der Waals surface area contributed by atoms with E-state index in [4.69, 9.17) is 11.6 Å². The Morgan fingerprint density at radius 3 is 2.68 bits per heavy atom. The highest BCUT2D eigenvalue weighted by Gasteiger charge is 2.11. The van der Waals surface area contributed by atoms with Gasteiger partial charge >= 0.3 is 0 Å². The van der Waals surface area contributed by atoms with E-state index in [0.29, 0.717) is 0 Å². The third kappa shape index (κ3) is 4.55. The summed E-state index contributed by atoms with van der Waals surface area (Å²) in [7, 11) is 0. The van der Waals surface area contributed by atoms with Gasteiger partial charge in [-0.2, -0.15) is 0 Å². The zero-order valence-corrected chi connectivity index (χ0v) is 13.0. The zero-order chi connectivity index (χ0) is 14.3. The molecule has 2 nitrogen and oxygen atoms in total. The molecule has 0 aliphatic rings. The third-order valence-corrected chi connectivity index (χ3v) is 3.50. The minimum atomic E-state index is 0.283. The number of nitrogens with one attached hydrogen (secondary N) is 1. The number of rotatable bonds is 8. The van der Waals surface area contributed by atoms with Gasteiger partial charge in [0.15, 0.2) is 0 Å². The minimum absolute atomic E-state index is 0.283. The Balaban J connectivity index is 2.93. The molecule has 106 valence electrons. The molecule has 1 N–H and O–H groups in total. The molecule has 19 heavy (non-hydrogen) atoms. The first-order chi connectivity index (χ1) is 9.13. The molecule has 0 heterocycles. The molecule has 0 aromatic heterocycles. The Bertz CT molecular complexity index is 404. The maximum atomic E-state index is 6.41. The van der Waals surface area contributed by atoms with Crippen LogP contribution in [0.1, 0.15) is 38.8 Å². The van der Waals surface area contributed by atoms with Crippen molar-refractivity contribution in [2.24, 2.45) is 0 Å². The van der Waals surface area contributed by atoms with Gasteiger partial charge in [-0.3, -0.25) is 0 Å². The summed E-state index contributed by atoms with van der Waals surface area (Å²) < 4.78 is 0. The second-order valence-electron chi connectivity index (χ2n) is 4.72. The summed E-state index contributed by atoms with van der Waals surface area (Å²) in [5.41, 5.74) is 2.32. The van der Waals surface area contributed by atoms with Crippen molar-refractivity contribution in [3.63, 3.8) is 0 Å². The standard InChI is InChI=1S/C16H25ClN2/c1-5-10-19(11-6-2)14-8-9-15(16(17)12-14)13(4)18-7-3/h5,8-9,12-13,18H,1,6-7,10-11H2,2-4H3. The summed E-state index contributed by atoms with van der Waals surface area (Å²) in [5.74, 6) is 0. The van der Waals surface area contributed by atoms with Crippen molar-refractivity contribution >= 4 is 17.3 Å². The van der Waals surface area contributed by atoms with Crippen molar-refractivity contribution < 1.29 is 0 Å². The molecule has 0 aliphatic carbocycles. The molecule has 0 aliphatic heterocycles. The first kappa shape index (κ1) is 16.1. The van der Waals surface area contributed by atoms with E-state index >= 15 is 0 Å². The zero-order valence-electron chi connectivity index (χ0n) is 12.2. The van der Waals surface area contributed by atoms with Gasteiger partial charge in [-0.1, -0.05) is 37.6 Å². The highest BCUT2D eigenvalue weighted by molar-refractivity contribution is 6.31. The van der Waals surface area contributed by atoms with Crippen molar-refractivity contribution in [2.45, 2.75) is 33.2 Å². The lowest BCUT2D eigenvalue weighted by molar-refractivity contribution is 0.598. The predicted octanol–water partition coefficient (Wildman–Crippen LogP) is 4.41. The van der Waals surface area contributed by atoms with Crippen LogP contribution in [-0.2, 0) is 0 Å². The Morgan fingerprint density at radius 2 is 2.16 bits per heavy atom. The highest BCUT2D eigenvalue weighted by atomic mass is 35.5. The fraction of sp³-hybridized carbons (Fsp3) is 0.500. The molecule has 1 unspecified atom stereocenters. The summed E-state index contributed by atoms with van der Waals surface area (Å²) in [6.07, 6.45) is 3.04. The number of hydrogen-bond acceptors (Lipinski definition) is 2. The summed E-state index contributed by atoms with van der Waals surface area (Å²) >= 11 is 6.41. The van der Waals surface area contributed by atoms with E-state index in [9.17, 15) is 0 Å². The normalized spacial score (nSPS) is 12.2. The molecule has 0 bridgehead atoms. The Morgan fingerprint density at radius 1 is 1.42 bits per heavy atom. The SMILES string of the molecule is C=CCN(CCC)c1ccc(C(C)NCC)c(Cl)c1. The third-order valence-electron chi connectivity index (χ3n) is 3.17. The largest absolute Gasteiger partial charge is 0.368 e. The first-order valence-electron chi connectivity index (χ1n) is 7.02. The first-order valence-corrected chi connectivity index (χ1v) is 7.40. The molecule has 0 amide bonds. The molecular weight excluding hydrogens is 256 g/mol. The van der Waals surface area contributed by atoms with Gasteiger partial charge in [-0.05, 0) is 37.6 Å². The number of hydrogen-bond donors (Lipinski definition) is 1. The lowest BCUT2D eigenvalue weighted by Crippen LogP contribution is -2.24. The molecule has 1 aromatic carbocycles. The molecule has 1 rings (SSSR count). The topological polar surface area (TPSA) is 15.3 Å². The van der Waals surface area contributed by atoms with E-state index in [1.165, 1.54) is 5.69 Å². The van der Waals surface area contributed by atoms with Crippen molar-refractivity contribution in [1.29, 1.82) is 0 Å². The number of benzene rings is 1. The molecule has 0 saturated carbocycles. The molecule has 3 heteroatoms. The van der Waals surface area contributed by atoms with Crippen LogP contribution in [0.5, 0.6) is 0 Å². The summed E-state index contributed by atoms with van der Waals surface area (Å²) in [5, 5.41) is 4.22. The van der Waals surface area contributed by atoms with E-state index in [-0.39, 0.29) is 6.04 Å². The lowest BCUT2D eigenvalue weighted by Gasteiger charge is -2.24. The van der Waals surface area contributed by atoms with Crippen LogP contribution in [0, 0.1) is 0 Å². The molecule has 1 atom stereocenters. The summed E-state index contributed by atoms with van der Waals surface area (Å²) in [6.45, 7) is 13.0. The predicted molar refractivity (Wildman–Crippen MR) is 86.2 cm³/mol. The maximum Gasteiger partial charge on any atom is 0.0474 e. The maximum absolute atomic E-state index is 6.41. The second-order valence-corrected chi connectivity index (χ2v) is 5.13. The average Bonchev–Trinajstić information content (AvgIpc) is 2.38. The van der Waals surface area contributed by atoms with E-state index < -0.39 is 0 Å². The van der Waals surface area contributed by atoms with Gasteiger partial charge in [0.05, 0.1) is 0 Å². The average molecular weight is 281 g/mol. The van der Waals surface area contributed by atoms with E-state index in [2.05, 4.69) is 55.8 Å². The van der Waals surface area contributed by atoms with Gasteiger partial charge in [-0.15, -0.1) is 6.58 Å². The molecule has 0 radical (unpaired) electrons. The second kappa shape index (κ2) is 8.23. The van der Waals surface area contributed by atoms with Crippen LogP contribution in [0.15, 0.2) is 30.9 Å². The van der Waals surface area contributed by atoms with Gasteiger partial charge in [0.25, 0.3) is 0 Å². The van der Waals surface area contributed by atoms with Crippen molar-refractivity contribution in [1.82, 2.24) is 5.32 Å². The number of halogens is 1. The monoisotopic (exact) mass is 280 g/mol. The summed E-state index contributed by atoms with van der Waals surface area (Å²) in [6, 6.07) is 6.61. The molecular formula is C16H25ClN2. The van der Waals surface area contributed by atoms with E-state index in [0.717, 1.165) is 36.6 Å². The Hall–Kier alpha value is -0.990. The van der Waals surface area contributed by atoms with Gasteiger partial charge in [-0.25, -0.2) is 0 Å². The van der Waals surface area contributed by atoms with Crippen LogP contribution in [0.25, 0.3) is 0 Å². The van der Waals surface area contributed by atoms with E-state index in [1.54, 1.807) is 0 Å². The van der Waals surface area contributed by atoms with Gasteiger partial charge in [0.2, 0.25) is 0 Å². The van der Waals surface area contributed by atoms with Crippen molar-refractivity contribution in [3.05, 3.63) is 41.4 Å². The lowest BCUT2D eigenvalue weighted by atomic mass is 10.1. The van der Waals surface area contributed by atoms with Crippen LogP contribution in [-0.4, -0.2) is 19.6 Å².